The van der Waals surface area contributed by atoms with E-state index in [0.29, 0.717) is 38.2 Å². The fourth-order valence-corrected chi connectivity index (χ4v) is 6.00. The summed E-state index contributed by atoms with van der Waals surface area (Å²) in [6.07, 6.45) is 1.81. The van der Waals surface area contributed by atoms with Gasteiger partial charge in [-0.25, -0.2) is 8.93 Å². The van der Waals surface area contributed by atoms with Gasteiger partial charge in [-0.15, -0.1) is 0 Å². The van der Waals surface area contributed by atoms with Gasteiger partial charge >= 0.3 is 5.97 Å². The van der Waals surface area contributed by atoms with Crippen molar-refractivity contribution in [1.82, 2.24) is 4.72 Å². The Hall–Kier alpha value is -1.48. The Labute approximate surface area is 186 Å². The van der Waals surface area contributed by atoms with E-state index in [1.165, 1.54) is 7.11 Å². The SMILES string of the molecule is COC(=O)CC1(NS(=O)C(C)(C)C)c2cc(C)ccc2OC2CC3(CCC21)OCCO3. The summed E-state index contributed by atoms with van der Waals surface area (Å²) in [6.45, 7) is 8.93. The van der Waals surface area contributed by atoms with Gasteiger partial charge in [0.1, 0.15) is 11.9 Å². The minimum atomic E-state index is -1.41. The van der Waals surface area contributed by atoms with Crippen LogP contribution in [0.3, 0.4) is 0 Å². The maximum Gasteiger partial charge on any atom is 0.307 e. The van der Waals surface area contributed by atoms with Crippen molar-refractivity contribution in [3.05, 3.63) is 29.3 Å². The van der Waals surface area contributed by atoms with E-state index >= 15 is 0 Å². The molecule has 4 rings (SSSR count). The standard InChI is InChI=1S/C23H33NO6S/c1-15-6-7-18-17(12-15)23(14-20(25)27-5,24-31(26)21(2,3)4)16-8-9-22(13-19(16)30-18)28-10-11-29-22/h6-7,12,16,19,24H,8-11,13-14H2,1-5H3. The molecular formula is C23H33NO6S. The second kappa shape index (κ2) is 8.14. The molecule has 1 aliphatic carbocycles. The van der Waals surface area contributed by atoms with E-state index in [-0.39, 0.29) is 24.4 Å². The Bertz CT molecular complexity index is 875. The molecule has 0 radical (unpaired) electrons. The summed E-state index contributed by atoms with van der Waals surface area (Å²) in [5.74, 6) is -0.376. The second-order valence-electron chi connectivity index (χ2n) is 9.82. The zero-order valence-electron chi connectivity index (χ0n) is 19.0. The number of carbonyl (C=O) groups excluding carboxylic acids is 1. The van der Waals surface area contributed by atoms with Crippen LogP contribution in [0.15, 0.2) is 18.2 Å². The van der Waals surface area contributed by atoms with E-state index in [4.69, 9.17) is 18.9 Å². The molecule has 0 aromatic heterocycles. The molecule has 1 aromatic carbocycles. The smallest absolute Gasteiger partial charge is 0.307 e. The highest BCUT2D eigenvalue weighted by molar-refractivity contribution is 7.84. The maximum absolute atomic E-state index is 13.4. The van der Waals surface area contributed by atoms with Crippen LogP contribution in [-0.2, 0) is 35.5 Å². The highest BCUT2D eigenvalue weighted by Gasteiger charge is 2.58. The molecule has 2 heterocycles. The van der Waals surface area contributed by atoms with Crippen LogP contribution in [0, 0.1) is 12.8 Å². The average Bonchev–Trinajstić information content (AvgIpc) is 3.15. The fraction of sp³-hybridized carbons (Fsp3) is 0.696. The van der Waals surface area contributed by atoms with Gasteiger partial charge in [-0.2, -0.15) is 0 Å². The molecular weight excluding hydrogens is 418 g/mol. The zero-order chi connectivity index (χ0) is 22.4. The van der Waals surface area contributed by atoms with Crippen molar-refractivity contribution in [2.45, 2.75) is 75.6 Å². The summed E-state index contributed by atoms with van der Waals surface area (Å²) < 4.78 is 39.8. The molecule has 0 bridgehead atoms. The minimum Gasteiger partial charge on any atom is -0.489 e. The van der Waals surface area contributed by atoms with Gasteiger partial charge in [-0.3, -0.25) is 4.79 Å². The molecule has 1 aromatic rings. The third-order valence-corrected chi connectivity index (χ3v) is 8.28. The minimum absolute atomic E-state index is 0.0705. The van der Waals surface area contributed by atoms with Crippen molar-refractivity contribution in [2.75, 3.05) is 20.3 Å². The van der Waals surface area contributed by atoms with E-state index in [9.17, 15) is 9.00 Å². The number of methoxy groups -OCH3 is 1. The number of hydrogen-bond acceptors (Lipinski definition) is 6. The lowest BCUT2D eigenvalue weighted by Crippen LogP contribution is -2.62. The molecule has 1 saturated heterocycles. The molecule has 4 unspecified atom stereocenters. The predicted octanol–water partition coefficient (Wildman–Crippen LogP) is 3.11. The van der Waals surface area contributed by atoms with E-state index < -0.39 is 27.1 Å². The Balaban J connectivity index is 1.83. The topological polar surface area (TPSA) is 83.1 Å². The molecule has 7 nitrogen and oxygen atoms in total. The van der Waals surface area contributed by atoms with Gasteiger partial charge in [0.25, 0.3) is 0 Å². The van der Waals surface area contributed by atoms with Crippen LogP contribution < -0.4 is 9.46 Å². The van der Waals surface area contributed by atoms with Crippen molar-refractivity contribution < 1.29 is 28.0 Å². The second-order valence-corrected chi connectivity index (χ2v) is 11.8. The molecule has 31 heavy (non-hydrogen) atoms. The normalized spacial score (nSPS) is 30.2. The summed E-state index contributed by atoms with van der Waals surface area (Å²) in [6, 6.07) is 5.96. The first-order valence-corrected chi connectivity index (χ1v) is 12.1. The molecule has 8 heteroatoms. The molecule has 1 spiro atoms. The lowest BCUT2D eigenvalue weighted by atomic mass is 9.65. The molecule has 172 valence electrons. The van der Waals surface area contributed by atoms with Gasteiger partial charge in [0, 0.05) is 24.3 Å². The van der Waals surface area contributed by atoms with E-state index in [2.05, 4.69) is 4.72 Å². The zero-order valence-corrected chi connectivity index (χ0v) is 19.8. The number of benzene rings is 1. The van der Waals surface area contributed by atoms with Crippen LogP contribution in [0.25, 0.3) is 0 Å². The quantitative estimate of drug-likeness (QED) is 0.709. The number of rotatable bonds is 4. The van der Waals surface area contributed by atoms with Gasteiger partial charge < -0.3 is 18.9 Å². The van der Waals surface area contributed by atoms with Crippen molar-refractivity contribution in [1.29, 1.82) is 0 Å². The Morgan fingerprint density at radius 1 is 1.29 bits per heavy atom. The van der Waals surface area contributed by atoms with E-state index in [1.54, 1.807) is 0 Å². The van der Waals surface area contributed by atoms with Gasteiger partial charge in [-0.1, -0.05) is 17.7 Å². The highest BCUT2D eigenvalue weighted by atomic mass is 32.2. The number of hydrogen-bond donors (Lipinski definition) is 1. The first-order valence-electron chi connectivity index (χ1n) is 10.9. The average molecular weight is 452 g/mol. The van der Waals surface area contributed by atoms with Crippen LogP contribution in [0.2, 0.25) is 0 Å². The predicted molar refractivity (Wildman–Crippen MR) is 117 cm³/mol. The van der Waals surface area contributed by atoms with Crippen molar-refractivity contribution >= 4 is 17.0 Å². The van der Waals surface area contributed by atoms with E-state index in [0.717, 1.165) is 11.1 Å². The number of fused-ring (bicyclic) bond motifs is 2. The molecule has 2 fully saturated rings. The first kappa shape index (κ1) is 22.7. The van der Waals surface area contributed by atoms with E-state index in [1.807, 2.05) is 45.9 Å². The van der Waals surface area contributed by atoms with Gasteiger partial charge in [0.05, 0.1) is 48.0 Å². The van der Waals surface area contributed by atoms with Crippen LogP contribution in [-0.4, -0.2) is 47.1 Å². The third kappa shape index (κ3) is 4.15. The summed E-state index contributed by atoms with van der Waals surface area (Å²) in [5.41, 5.74) is 1.03. The Morgan fingerprint density at radius 2 is 2.00 bits per heavy atom. The number of nitrogens with one attached hydrogen (secondary N) is 1. The summed E-state index contributed by atoms with van der Waals surface area (Å²) in [4.78, 5) is 12.7. The molecule has 4 atom stereocenters. The molecule has 1 saturated carbocycles. The van der Waals surface area contributed by atoms with Gasteiger partial charge in [0.15, 0.2) is 5.79 Å². The lowest BCUT2D eigenvalue weighted by molar-refractivity contribution is -0.211. The fourth-order valence-electron chi connectivity index (χ4n) is 5.03. The Morgan fingerprint density at radius 3 is 2.65 bits per heavy atom. The van der Waals surface area contributed by atoms with Crippen LogP contribution in [0.4, 0.5) is 0 Å². The van der Waals surface area contributed by atoms with Crippen molar-refractivity contribution in [2.24, 2.45) is 5.92 Å². The number of carbonyl (C=O) groups is 1. The van der Waals surface area contributed by atoms with Crippen LogP contribution in [0.5, 0.6) is 5.75 Å². The largest absolute Gasteiger partial charge is 0.489 e. The summed E-state index contributed by atoms with van der Waals surface area (Å²) >= 11 is 0. The molecule has 2 aliphatic heterocycles. The monoisotopic (exact) mass is 451 g/mol. The van der Waals surface area contributed by atoms with Crippen molar-refractivity contribution in [3.63, 3.8) is 0 Å². The summed E-state index contributed by atoms with van der Waals surface area (Å²) in [5, 5.41) is 0. The lowest BCUT2D eigenvalue weighted by Gasteiger charge is -2.53. The number of ether oxygens (including phenoxy) is 4. The Kier molecular flexibility index (Phi) is 5.96. The van der Waals surface area contributed by atoms with Gasteiger partial charge in [-0.05, 0) is 40.2 Å². The van der Waals surface area contributed by atoms with Crippen LogP contribution >= 0.6 is 0 Å². The first-order chi connectivity index (χ1) is 14.6. The molecule has 3 aliphatic rings. The number of aryl methyl sites for hydroxylation is 1. The van der Waals surface area contributed by atoms with Crippen molar-refractivity contribution in [3.8, 4) is 5.75 Å². The van der Waals surface area contributed by atoms with Crippen LogP contribution in [0.1, 0.15) is 57.6 Å². The maximum atomic E-state index is 13.4. The molecule has 1 N–H and O–H groups in total. The third-order valence-electron chi connectivity index (χ3n) is 6.62. The molecule has 0 amide bonds. The summed E-state index contributed by atoms with van der Waals surface area (Å²) in [7, 11) is -0.0182. The number of esters is 1. The van der Waals surface area contributed by atoms with Gasteiger partial charge in [0.2, 0.25) is 0 Å². The highest BCUT2D eigenvalue weighted by Crippen LogP contribution is 2.53.